The predicted octanol–water partition coefficient (Wildman–Crippen LogP) is 5.34. The number of anilines is 2. The van der Waals surface area contributed by atoms with E-state index in [0.29, 0.717) is 17.0 Å². The molecule has 3 aromatic carbocycles. The number of carbonyl (C=O) groups is 2. The van der Waals surface area contributed by atoms with Gasteiger partial charge in [0, 0.05) is 42.4 Å². The number of carbonyl (C=O) groups excluding carboxylic acids is 2. The third-order valence-corrected chi connectivity index (χ3v) is 5.15. The SMILES string of the molecule is COc1ccc2c(-c3ccccc3)c(C(=O)Nc3ccc(N(C)C(C)=O)cc3)oc2c1. The van der Waals surface area contributed by atoms with E-state index in [1.165, 1.54) is 11.8 Å². The number of benzene rings is 3. The second-order valence-corrected chi connectivity index (χ2v) is 7.11. The number of hydrogen-bond donors (Lipinski definition) is 1. The second kappa shape index (κ2) is 8.36. The molecule has 1 heterocycles. The van der Waals surface area contributed by atoms with Gasteiger partial charge in [-0.15, -0.1) is 0 Å². The van der Waals surface area contributed by atoms with Gasteiger partial charge in [-0.1, -0.05) is 30.3 Å². The largest absolute Gasteiger partial charge is 0.497 e. The molecule has 0 aliphatic carbocycles. The van der Waals surface area contributed by atoms with Crippen LogP contribution in [0.3, 0.4) is 0 Å². The molecule has 4 rings (SSSR count). The summed E-state index contributed by atoms with van der Waals surface area (Å²) in [6.07, 6.45) is 0. The number of methoxy groups -OCH3 is 1. The highest BCUT2D eigenvalue weighted by atomic mass is 16.5. The molecule has 0 aliphatic rings. The summed E-state index contributed by atoms with van der Waals surface area (Å²) < 4.78 is 11.3. The lowest BCUT2D eigenvalue weighted by Gasteiger charge is -2.15. The molecule has 4 aromatic rings. The molecule has 31 heavy (non-hydrogen) atoms. The zero-order valence-electron chi connectivity index (χ0n) is 17.5. The molecule has 0 atom stereocenters. The fourth-order valence-corrected chi connectivity index (χ4v) is 3.39. The molecule has 1 N–H and O–H groups in total. The van der Waals surface area contributed by atoms with Gasteiger partial charge in [0.25, 0.3) is 5.91 Å². The topological polar surface area (TPSA) is 71.8 Å². The van der Waals surface area contributed by atoms with Crippen LogP contribution in [0, 0.1) is 0 Å². The Hall–Kier alpha value is -4.06. The van der Waals surface area contributed by atoms with Crippen LogP contribution in [0.1, 0.15) is 17.5 Å². The average molecular weight is 414 g/mol. The van der Waals surface area contributed by atoms with Crippen molar-refractivity contribution in [3.05, 3.63) is 78.6 Å². The zero-order chi connectivity index (χ0) is 22.0. The van der Waals surface area contributed by atoms with Crippen LogP contribution in [0.15, 0.2) is 77.2 Å². The molecule has 1 aromatic heterocycles. The Bertz CT molecular complexity index is 1240. The smallest absolute Gasteiger partial charge is 0.292 e. The van der Waals surface area contributed by atoms with Crippen LogP contribution in [0.4, 0.5) is 11.4 Å². The van der Waals surface area contributed by atoms with Crippen molar-refractivity contribution >= 4 is 34.2 Å². The summed E-state index contributed by atoms with van der Waals surface area (Å²) in [5.41, 5.74) is 3.52. The first-order chi connectivity index (χ1) is 15.0. The lowest BCUT2D eigenvalue weighted by Crippen LogP contribution is -2.22. The summed E-state index contributed by atoms with van der Waals surface area (Å²) >= 11 is 0. The quantitative estimate of drug-likeness (QED) is 0.478. The number of ether oxygens (including phenoxy) is 1. The third kappa shape index (κ3) is 4.00. The number of furan rings is 1. The summed E-state index contributed by atoms with van der Waals surface area (Å²) in [6.45, 7) is 1.50. The normalized spacial score (nSPS) is 10.7. The molecular formula is C25H22N2O4. The first-order valence-corrected chi connectivity index (χ1v) is 9.79. The number of rotatable bonds is 5. The number of fused-ring (bicyclic) bond motifs is 1. The van der Waals surface area contributed by atoms with Gasteiger partial charge in [0.1, 0.15) is 11.3 Å². The van der Waals surface area contributed by atoms with Gasteiger partial charge in [0.2, 0.25) is 11.7 Å². The van der Waals surface area contributed by atoms with Crippen molar-refractivity contribution in [2.24, 2.45) is 0 Å². The van der Waals surface area contributed by atoms with Crippen molar-refractivity contribution in [1.29, 1.82) is 0 Å². The minimum atomic E-state index is -0.360. The van der Waals surface area contributed by atoms with Gasteiger partial charge in [-0.25, -0.2) is 0 Å². The highest BCUT2D eigenvalue weighted by molar-refractivity contribution is 6.12. The van der Waals surface area contributed by atoms with E-state index in [9.17, 15) is 9.59 Å². The molecule has 2 amide bonds. The minimum absolute atomic E-state index is 0.0676. The summed E-state index contributed by atoms with van der Waals surface area (Å²) in [5.74, 6) is 0.445. The van der Waals surface area contributed by atoms with Gasteiger partial charge in [0.15, 0.2) is 0 Å². The maximum atomic E-state index is 13.2. The van der Waals surface area contributed by atoms with E-state index in [-0.39, 0.29) is 17.6 Å². The first-order valence-electron chi connectivity index (χ1n) is 9.79. The Balaban J connectivity index is 1.71. The number of amides is 2. The van der Waals surface area contributed by atoms with Crippen molar-refractivity contribution in [3.63, 3.8) is 0 Å². The molecule has 0 bridgehead atoms. The van der Waals surface area contributed by atoms with Gasteiger partial charge < -0.3 is 19.4 Å². The predicted molar refractivity (Wildman–Crippen MR) is 122 cm³/mol. The number of nitrogens with one attached hydrogen (secondary N) is 1. The van der Waals surface area contributed by atoms with Crippen molar-refractivity contribution in [2.75, 3.05) is 24.4 Å². The van der Waals surface area contributed by atoms with E-state index in [1.54, 1.807) is 44.5 Å². The Morgan fingerprint density at radius 1 is 0.968 bits per heavy atom. The molecular weight excluding hydrogens is 392 g/mol. The van der Waals surface area contributed by atoms with Crippen LogP contribution in [0.2, 0.25) is 0 Å². The summed E-state index contributed by atoms with van der Waals surface area (Å²) in [4.78, 5) is 26.2. The van der Waals surface area contributed by atoms with Crippen molar-refractivity contribution in [3.8, 4) is 16.9 Å². The summed E-state index contributed by atoms with van der Waals surface area (Å²) in [5, 5.41) is 3.72. The van der Waals surface area contributed by atoms with Crippen LogP contribution < -0.4 is 15.0 Å². The monoisotopic (exact) mass is 414 g/mol. The summed E-state index contributed by atoms with van der Waals surface area (Å²) in [6, 6.07) is 22.2. The van der Waals surface area contributed by atoms with E-state index < -0.39 is 0 Å². The van der Waals surface area contributed by atoms with Gasteiger partial charge in [-0.2, -0.15) is 0 Å². The lowest BCUT2D eigenvalue weighted by atomic mass is 10.0. The van der Waals surface area contributed by atoms with Gasteiger partial charge in [-0.3, -0.25) is 9.59 Å². The van der Waals surface area contributed by atoms with Gasteiger partial charge >= 0.3 is 0 Å². The van der Waals surface area contributed by atoms with Crippen molar-refractivity contribution < 1.29 is 18.7 Å². The highest BCUT2D eigenvalue weighted by Gasteiger charge is 2.22. The molecule has 0 fully saturated rings. The molecule has 6 nitrogen and oxygen atoms in total. The van der Waals surface area contributed by atoms with Crippen LogP contribution in [0.25, 0.3) is 22.1 Å². The van der Waals surface area contributed by atoms with E-state index in [4.69, 9.17) is 9.15 Å². The Kier molecular flexibility index (Phi) is 5.45. The van der Waals surface area contributed by atoms with Crippen LogP contribution >= 0.6 is 0 Å². The van der Waals surface area contributed by atoms with Crippen molar-refractivity contribution in [2.45, 2.75) is 6.92 Å². The molecule has 0 radical (unpaired) electrons. The highest BCUT2D eigenvalue weighted by Crippen LogP contribution is 2.37. The lowest BCUT2D eigenvalue weighted by molar-refractivity contribution is -0.116. The molecule has 0 saturated heterocycles. The standard InChI is InChI=1S/C25H22N2O4/c1-16(28)27(2)19-11-9-18(10-12-19)26-25(29)24-23(17-7-5-4-6-8-17)21-14-13-20(30-3)15-22(21)31-24/h4-15H,1-3H3,(H,26,29). The van der Waals surface area contributed by atoms with E-state index in [2.05, 4.69) is 5.32 Å². The zero-order valence-corrected chi connectivity index (χ0v) is 17.5. The molecule has 0 unspecified atom stereocenters. The van der Waals surface area contributed by atoms with Gasteiger partial charge in [0.05, 0.1) is 7.11 Å². The van der Waals surface area contributed by atoms with Crippen LogP contribution in [-0.4, -0.2) is 26.0 Å². The molecule has 0 aliphatic heterocycles. The van der Waals surface area contributed by atoms with E-state index in [0.717, 1.165) is 22.2 Å². The maximum Gasteiger partial charge on any atom is 0.292 e. The fourth-order valence-electron chi connectivity index (χ4n) is 3.39. The number of hydrogen-bond acceptors (Lipinski definition) is 4. The fraction of sp³-hybridized carbons (Fsp3) is 0.120. The van der Waals surface area contributed by atoms with Crippen molar-refractivity contribution in [1.82, 2.24) is 0 Å². The maximum absolute atomic E-state index is 13.2. The van der Waals surface area contributed by atoms with Gasteiger partial charge in [-0.05, 0) is 42.0 Å². The van der Waals surface area contributed by atoms with Crippen LogP contribution in [0.5, 0.6) is 5.75 Å². The average Bonchev–Trinajstić information content (AvgIpc) is 3.18. The molecule has 0 saturated carbocycles. The van der Waals surface area contributed by atoms with E-state index in [1.807, 2.05) is 42.5 Å². The second-order valence-electron chi connectivity index (χ2n) is 7.11. The first kappa shape index (κ1) is 20.2. The Morgan fingerprint density at radius 3 is 2.32 bits per heavy atom. The van der Waals surface area contributed by atoms with E-state index >= 15 is 0 Å². The van der Waals surface area contributed by atoms with Crippen LogP contribution in [-0.2, 0) is 4.79 Å². The Morgan fingerprint density at radius 2 is 1.68 bits per heavy atom. The third-order valence-electron chi connectivity index (χ3n) is 5.15. The number of nitrogens with zero attached hydrogens (tertiary/aromatic N) is 1. The summed E-state index contributed by atoms with van der Waals surface area (Å²) in [7, 11) is 3.29. The Labute approximate surface area is 180 Å². The minimum Gasteiger partial charge on any atom is -0.497 e. The molecule has 6 heteroatoms. The molecule has 156 valence electrons. The molecule has 0 spiro atoms.